The van der Waals surface area contributed by atoms with E-state index in [-0.39, 0.29) is 5.54 Å². The molecule has 1 heterocycles. The van der Waals surface area contributed by atoms with Crippen LogP contribution in [0.4, 0.5) is 0 Å². The summed E-state index contributed by atoms with van der Waals surface area (Å²) in [5.74, 6) is 0. The fourth-order valence-electron chi connectivity index (χ4n) is 1.18. The van der Waals surface area contributed by atoms with Crippen molar-refractivity contribution in [2.75, 3.05) is 19.6 Å². The van der Waals surface area contributed by atoms with Gasteiger partial charge in [0.2, 0.25) is 0 Å². The Bertz CT molecular complexity index is 103. The van der Waals surface area contributed by atoms with Crippen LogP contribution in [0.2, 0.25) is 0 Å². The summed E-state index contributed by atoms with van der Waals surface area (Å²) in [6.45, 7) is 6.37. The van der Waals surface area contributed by atoms with Crippen LogP contribution in [-0.4, -0.2) is 25.2 Å². The SMILES string of the molecule is CC1(C)C[NH+]([O-])CCN1. The van der Waals surface area contributed by atoms with Gasteiger partial charge in [0, 0.05) is 6.54 Å². The highest BCUT2D eigenvalue weighted by Crippen LogP contribution is 1.98. The Morgan fingerprint density at radius 2 is 2.22 bits per heavy atom. The van der Waals surface area contributed by atoms with Crippen molar-refractivity contribution in [1.29, 1.82) is 0 Å². The van der Waals surface area contributed by atoms with Crippen LogP contribution >= 0.6 is 0 Å². The summed E-state index contributed by atoms with van der Waals surface area (Å²) >= 11 is 0. The van der Waals surface area contributed by atoms with Crippen molar-refractivity contribution < 1.29 is 5.06 Å². The Balaban J connectivity index is 2.41. The highest BCUT2D eigenvalue weighted by Gasteiger charge is 2.24. The predicted molar refractivity (Wildman–Crippen MR) is 36.1 cm³/mol. The second kappa shape index (κ2) is 2.25. The number of nitrogens with one attached hydrogen (secondary N) is 2. The zero-order chi connectivity index (χ0) is 6.91. The van der Waals surface area contributed by atoms with E-state index in [9.17, 15) is 5.21 Å². The van der Waals surface area contributed by atoms with Gasteiger partial charge in [0.25, 0.3) is 0 Å². The monoisotopic (exact) mass is 130 g/mol. The largest absolute Gasteiger partial charge is 0.634 e. The van der Waals surface area contributed by atoms with Crippen molar-refractivity contribution in [3.63, 3.8) is 0 Å². The summed E-state index contributed by atoms with van der Waals surface area (Å²) in [7, 11) is 0. The molecule has 54 valence electrons. The van der Waals surface area contributed by atoms with Gasteiger partial charge in [-0.2, -0.15) is 0 Å². The summed E-state index contributed by atoms with van der Waals surface area (Å²) in [6, 6.07) is 0. The Morgan fingerprint density at radius 1 is 1.56 bits per heavy atom. The fourth-order valence-corrected chi connectivity index (χ4v) is 1.18. The number of quaternary nitrogens is 1. The molecule has 1 saturated heterocycles. The molecule has 1 aliphatic rings. The maximum absolute atomic E-state index is 10.8. The Kier molecular flexibility index (Phi) is 1.75. The Hall–Kier alpha value is -0.120. The lowest BCUT2D eigenvalue weighted by molar-refractivity contribution is -0.856. The molecule has 0 aromatic rings. The Labute approximate surface area is 55.6 Å². The average Bonchev–Trinajstić information content (AvgIpc) is 1.60. The summed E-state index contributed by atoms with van der Waals surface area (Å²) in [4.78, 5) is 0. The molecule has 2 N–H and O–H groups in total. The number of rotatable bonds is 0. The van der Waals surface area contributed by atoms with E-state index in [4.69, 9.17) is 0 Å². The third-order valence-corrected chi connectivity index (χ3v) is 1.65. The lowest BCUT2D eigenvalue weighted by Gasteiger charge is -2.38. The molecule has 1 aliphatic heterocycles. The van der Waals surface area contributed by atoms with Crippen LogP contribution in [0.15, 0.2) is 0 Å². The molecule has 9 heavy (non-hydrogen) atoms. The number of hydroxylamine groups is 2. The second-order valence-corrected chi connectivity index (χ2v) is 3.28. The molecule has 3 nitrogen and oxygen atoms in total. The highest BCUT2D eigenvalue weighted by atomic mass is 16.5. The van der Waals surface area contributed by atoms with E-state index in [1.54, 1.807) is 0 Å². The zero-order valence-electron chi connectivity index (χ0n) is 6.03. The van der Waals surface area contributed by atoms with E-state index in [0.29, 0.717) is 18.2 Å². The lowest BCUT2D eigenvalue weighted by Crippen LogP contribution is -3.12. The molecule has 1 atom stereocenters. The quantitative estimate of drug-likeness (QED) is 0.402. The third kappa shape index (κ3) is 1.93. The molecule has 1 fully saturated rings. The van der Waals surface area contributed by atoms with Gasteiger partial charge >= 0.3 is 0 Å². The summed E-state index contributed by atoms with van der Waals surface area (Å²) in [5, 5.41) is 14.5. The van der Waals surface area contributed by atoms with Crippen LogP contribution in [0.3, 0.4) is 0 Å². The predicted octanol–water partition coefficient (Wildman–Crippen LogP) is -1.25. The molecule has 1 rings (SSSR count). The maximum atomic E-state index is 10.8. The number of hydrogen-bond acceptors (Lipinski definition) is 2. The van der Waals surface area contributed by atoms with E-state index >= 15 is 0 Å². The summed E-state index contributed by atoms with van der Waals surface area (Å²) < 4.78 is 0. The number of hydrogen-bond donors (Lipinski definition) is 2. The first kappa shape index (κ1) is 6.99. The maximum Gasteiger partial charge on any atom is 0.0948 e. The first-order valence-corrected chi connectivity index (χ1v) is 3.37. The second-order valence-electron chi connectivity index (χ2n) is 3.28. The molecule has 0 bridgehead atoms. The minimum Gasteiger partial charge on any atom is -0.634 e. The molecule has 0 amide bonds. The topological polar surface area (TPSA) is 39.5 Å². The van der Waals surface area contributed by atoms with E-state index in [1.807, 2.05) is 0 Å². The van der Waals surface area contributed by atoms with E-state index < -0.39 is 0 Å². The van der Waals surface area contributed by atoms with Gasteiger partial charge in [0.05, 0.1) is 18.6 Å². The molecule has 0 spiro atoms. The van der Waals surface area contributed by atoms with Crippen molar-refractivity contribution in [1.82, 2.24) is 5.32 Å². The van der Waals surface area contributed by atoms with Crippen LogP contribution < -0.4 is 10.4 Å². The third-order valence-electron chi connectivity index (χ3n) is 1.65. The molecule has 1 unspecified atom stereocenters. The van der Waals surface area contributed by atoms with Crippen molar-refractivity contribution in [2.45, 2.75) is 19.4 Å². The van der Waals surface area contributed by atoms with Crippen molar-refractivity contribution >= 4 is 0 Å². The van der Waals surface area contributed by atoms with Crippen LogP contribution in [0.5, 0.6) is 0 Å². The van der Waals surface area contributed by atoms with E-state index in [0.717, 1.165) is 6.54 Å². The molecular weight excluding hydrogens is 116 g/mol. The van der Waals surface area contributed by atoms with Gasteiger partial charge in [-0.1, -0.05) is 0 Å². The minimum atomic E-state index is 0.0509. The first-order chi connectivity index (χ1) is 4.10. The van der Waals surface area contributed by atoms with Gasteiger partial charge in [-0.3, -0.25) is 0 Å². The van der Waals surface area contributed by atoms with Crippen molar-refractivity contribution in [3.8, 4) is 0 Å². The minimum absolute atomic E-state index is 0.0509. The molecule has 0 radical (unpaired) electrons. The van der Waals surface area contributed by atoms with E-state index in [1.165, 1.54) is 0 Å². The van der Waals surface area contributed by atoms with Crippen LogP contribution in [-0.2, 0) is 0 Å². The van der Waals surface area contributed by atoms with Gasteiger partial charge in [0.1, 0.15) is 0 Å². The lowest BCUT2D eigenvalue weighted by atomic mass is 10.0. The summed E-state index contributed by atoms with van der Waals surface area (Å²) in [5.41, 5.74) is 0.0509. The van der Waals surface area contributed by atoms with Gasteiger partial charge in [-0.25, -0.2) is 0 Å². The molecule has 0 aromatic heterocycles. The van der Waals surface area contributed by atoms with Gasteiger partial charge < -0.3 is 15.6 Å². The smallest absolute Gasteiger partial charge is 0.0948 e. The molecule has 0 saturated carbocycles. The van der Waals surface area contributed by atoms with Gasteiger partial charge in [-0.05, 0) is 13.8 Å². The molecule has 0 aliphatic carbocycles. The molecular formula is C6H14N2O. The van der Waals surface area contributed by atoms with Crippen molar-refractivity contribution in [2.24, 2.45) is 0 Å². The average molecular weight is 130 g/mol. The van der Waals surface area contributed by atoms with Crippen LogP contribution in [0.25, 0.3) is 0 Å². The first-order valence-electron chi connectivity index (χ1n) is 3.37. The van der Waals surface area contributed by atoms with Crippen molar-refractivity contribution in [3.05, 3.63) is 5.21 Å². The zero-order valence-corrected chi connectivity index (χ0v) is 6.03. The highest BCUT2D eigenvalue weighted by molar-refractivity contribution is 4.78. The number of piperazine rings is 1. The van der Waals surface area contributed by atoms with Crippen LogP contribution in [0, 0.1) is 5.21 Å². The van der Waals surface area contributed by atoms with Gasteiger partial charge in [0.15, 0.2) is 0 Å². The van der Waals surface area contributed by atoms with E-state index in [2.05, 4.69) is 19.2 Å². The fraction of sp³-hybridized carbons (Fsp3) is 1.00. The standard InChI is InChI=1S/C6H14N2O/c1-6(2)5-8(9)4-3-7-6/h7-8H,3-5H2,1-2H3. The molecule has 0 aromatic carbocycles. The van der Waals surface area contributed by atoms with Gasteiger partial charge in [-0.15, -0.1) is 0 Å². The molecule has 3 heteroatoms. The normalized spacial score (nSPS) is 34.3. The summed E-state index contributed by atoms with van der Waals surface area (Å²) in [6.07, 6.45) is 0. The van der Waals surface area contributed by atoms with Crippen LogP contribution in [0.1, 0.15) is 13.8 Å². The Morgan fingerprint density at radius 3 is 2.56 bits per heavy atom.